The van der Waals surface area contributed by atoms with E-state index in [0.717, 1.165) is 12.8 Å². The van der Waals surface area contributed by atoms with Crippen LogP contribution in [0.5, 0.6) is 0 Å². The molecule has 0 aromatic carbocycles. The van der Waals surface area contributed by atoms with Crippen LogP contribution in [0.25, 0.3) is 0 Å². The van der Waals surface area contributed by atoms with E-state index in [1.807, 2.05) is 0 Å². The van der Waals surface area contributed by atoms with Gasteiger partial charge in [0.25, 0.3) is 0 Å². The zero-order valence-corrected chi connectivity index (χ0v) is 7.71. The average Bonchev–Trinajstić information content (AvgIpc) is 2.26. The molecule has 1 rings (SSSR count). The maximum atomic E-state index is 5.82. The molecule has 2 radical (unpaired) electrons. The van der Waals surface area contributed by atoms with E-state index in [1.165, 1.54) is 0 Å². The fourth-order valence-corrected chi connectivity index (χ4v) is 2.07. The summed E-state index contributed by atoms with van der Waals surface area (Å²) in [5.74, 6) is 1.21. The van der Waals surface area contributed by atoms with Crippen molar-refractivity contribution in [3.63, 3.8) is 0 Å². The molecule has 0 N–H and O–H groups in total. The van der Waals surface area contributed by atoms with Gasteiger partial charge in [0.15, 0.2) is 0 Å². The van der Waals surface area contributed by atoms with E-state index < -0.39 is 0 Å². The van der Waals surface area contributed by atoms with E-state index >= 15 is 0 Å². The normalized spacial score (nSPS) is 44.6. The van der Waals surface area contributed by atoms with Gasteiger partial charge in [-0.05, 0) is 18.3 Å². The van der Waals surface area contributed by atoms with Gasteiger partial charge in [-0.15, -0.1) is 0 Å². The Kier molecular flexibility index (Phi) is 3.00. The second kappa shape index (κ2) is 3.62. The largest absolute Gasteiger partial charge is 0.384 e. The van der Waals surface area contributed by atoms with Crippen LogP contribution >= 0.6 is 0 Å². The van der Waals surface area contributed by atoms with Gasteiger partial charge in [0.05, 0.1) is 6.10 Å². The summed E-state index contributed by atoms with van der Waals surface area (Å²) in [6.45, 7) is 6.59. The predicted molar refractivity (Wildman–Crippen MR) is 47.7 cm³/mol. The lowest BCUT2D eigenvalue weighted by molar-refractivity contribution is 0.0692. The molecule has 2 unspecified atom stereocenters. The van der Waals surface area contributed by atoms with E-state index in [4.69, 9.17) is 12.6 Å². The van der Waals surface area contributed by atoms with Crippen LogP contribution in [0.4, 0.5) is 0 Å². The van der Waals surface area contributed by atoms with Crippen molar-refractivity contribution in [2.75, 3.05) is 0 Å². The van der Waals surface area contributed by atoms with Gasteiger partial charge in [0, 0.05) is 6.00 Å². The smallest absolute Gasteiger partial charge is 0.109 e. The van der Waals surface area contributed by atoms with E-state index in [-0.39, 0.29) is 6.00 Å². The summed E-state index contributed by atoms with van der Waals surface area (Å²) < 4.78 is 5.60. The van der Waals surface area contributed by atoms with Crippen molar-refractivity contribution in [3.05, 3.63) is 0 Å². The molecule has 1 heterocycles. The lowest BCUT2D eigenvalue weighted by atomic mass is 9.78. The summed E-state index contributed by atoms with van der Waals surface area (Å²) in [7, 11) is 5.82. The summed E-state index contributed by atoms with van der Waals surface area (Å²) in [6.07, 6.45) is 2.62. The molecule has 0 amide bonds. The summed E-state index contributed by atoms with van der Waals surface area (Å²) in [5.41, 5.74) is 0. The van der Waals surface area contributed by atoms with Crippen molar-refractivity contribution in [3.8, 4) is 0 Å². The minimum atomic E-state index is -0.0139. The Morgan fingerprint density at radius 2 is 1.91 bits per heavy atom. The molecule has 2 heteroatoms. The third kappa shape index (κ3) is 1.61. The zero-order chi connectivity index (χ0) is 8.43. The molecule has 1 aliphatic heterocycles. The van der Waals surface area contributed by atoms with Crippen LogP contribution in [-0.2, 0) is 4.74 Å². The van der Waals surface area contributed by atoms with Gasteiger partial charge >= 0.3 is 0 Å². The summed E-state index contributed by atoms with van der Waals surface area (Å²) in [4.78, 5) is 0. The van der Waals surface area contributed by atoms with Crippen molar-refractivity contribution in [2.24, 2.45) is 11.8 Å². The highest BCUT2D eigenvalue weighted by molar-refractivity contribution is 6.11. The molecular weight excluding hydrogens is 135 g/mol. The molecule has 62 valence electrons. The van der Waals surface area contributed by atoms with Crippen LogP contribution in [0.3, 0.4) is 0 Å². The van der Waals surface area contributed by atoms with Gasteiger partial charge in [0.1, 0.15) is 7.85 Å². The molecule has 1 nitrogen and oxygen atoms in total. The number of hydrogen-bond donors (Lipinski definition) is 0. The first kappa shape index (κ1) is 9.12. The van der Waals surface area contributed by atoms with Gasteiger partial charge in [-0.2, -0.15) is 0 Å². The first-order chi connectivity index (χ1) is 5.20. The molecule has 0 aromatic rings. The Bertz CT molecular complexity index is 127. The van der Waals surface area contributed by atoms with E-state index in [1.54, 1.807) is 0 Å². The molecule has 1 fully saturated rings. The lowest BCUT2D eigenvalue weighted by Gasteiger charge is -2.16. The standard InChI is InChI=1S/C9H17BO/c1-4-7-6(3)8(5-2)11-9(7)10/h6-9H,4-5H2,1-3H3/t6?,7-,8?,9-/m1/s1. The van der Waals surface area contributed by atoms with Crippen molar-refractivity contribution in [1.29, 1.82) is 0 Å². The van der Waals surface area contributed by atoms with Crippen LogP contribution in [0.2, 0.25) is 0 Å². The maximum absolute atomic E-state index is 5.82. The molecule has 0 aliphatic carbocycles. The average molecular weight is 152 g/mol. The van der Waals surface area contributed by atoms with E-state index in [9.17, 15) is 0 Å². The van der Waals surface area contributed by atoms with Crippen molar-refractivity contribution in [2.45, 2.75) is 45.7 Å². The number of hydrogen-bond acceptors (Lipinski definition) is 1. The highest BCUT2D eigenvalue weighted by Crippen LogP contribution is 2.34. The zero-order valence-electron chi connectivity index (χ0n) is 7.71. The Hall–Kier alpha value is 0.0249. The topological polar surface area (TPSA) is 9.23 Å². The first-order valence-corrected chi connectivity index (χ1v) is 4.61. The molecule has 0 saturated carbocycles. The fourth-order valence-electron chi connectivity index (χ4n) is 2.07. The second-order valence-corrected chi connectivity index (χ2v) is 3.48. The quantitative estimate of drug-likeness (QED) is 0.549. The predicted octanol–water partition coefficient (Wildman–Crippen LogP) is 1.95. The third-order valence-corrected chi connectivity index (χ3v) is 2.89. The molecule has 4 atom stereocenters. The summed E-state index contributed by atoms with van der Waals surface area (Å²) in [6, 6.07) is -0.0139. The minimum Gasteiger partial charge on any atom is -0.384 e. The molecule has 0 bridgehead atoms. The van der Waals surface area contributed by atoms with E-state index in [0.29, 0.717) is 17.9 Å². The van der Waals surface area contributed by atoms with Gasteiger partial charge in [-0.25, -0.2) is 0 Å². The molecular formula is C9H17BO. The van der Waals surface area contributed by atoms with Gasteiger partial charge in [0.2, 0.25) is 0 Å². The van der Waals surface area contributed by atoms with Gasteiger partial charge < -0.3 is 4.74 Å². The lowest BCUT2D eigenvalue weighted by Crippen LogP contribution is -2.18. The molecule has 11 heavy (non-hydrogen) atoms. The highest BCUT2D eigenvalue weighted by atomic mass is 16.5. The second-order valence-electron chi connectivity index (χ2n) is 3.48. The van der Waals surface area contributed by atoms with Crippen molar-refractivity contribution in [1.82, 2.24) is 0 Å². The summed E-state index contributed by atoms with van der Waals surface area (Å²) >= 11 is 0. The number of rotatable bonds is 2. The van der Waals surface area contributed by atoms with Crippen LogP contribution in [0, 0.1) is 11.8 Å². The van der Waals surface area contributed by atoms with Crippen LogP contribution in [0.1, 0.15) is 33.6 Å². The van der Waals surface area contributed by atoms with Crippen LogP contribution in [0.15, 0.2) is 0 Å². The Balaban J connectivity index is 2.55. The number of ether oxygens (including phenoxy) is 1. The summed E-state index contributed by atoms with van der Waals surface area (Å²) in [5, 5.41) is 0. The molecule has 1 saturated heterocycles. The Labute approximate surface area is 70.9 Å². The third-order valence-electron chi connectivity index (χ3n) is 2.89. The monoisotopic (exact) mass is 152 g/mol. The Morgan fingerprint density at radius 1 is 1.27 bits per heavy atom. The van der Waals surface area contributed by atoms with Crippen LogP contribution in [-0.4, -0.2) is 20.0 Å². The SMILES string of the molecule is [B][C@@H]1OC(CC)C(C)[C@H]1CC. The molecule has 0 spiro atoms. The van der Waals surface area contributed by atoms with Crippen molar-refractivity contribution < 1.29 is 4.74 Å². The van der Waals surface area contributed by atoms with Gasteiger partial charge in [-0.3, -0.25) is 0 Å². The maximum Gasteiger partial charge on any atom is 0.109 e. The minimum absolute atomic E-state index is 0.0139. The molecule has 0 aromatic heterocycles. The first-order valence-electron chi connectivity index (χ1n) is 4.61. The van der Waals surface area contributed by atoms with E-state index in [2.05, 4.69) is 20.8 Å². The van der Waals surface area contributed by atoms with Crippen LogP contribution < -0.4 is 0 Å². The Morgan fingerprint density at radius 3 is 2.18 bits per heavy atom. The molecule has 1 aliphatic rings. The van der Waals surface area contributed by atoms with Gasteiger partial charge in [-0.1, -0.05) is 27.2 Å². The highest BCUT2D eigenvalue weighted by Gasteiger charge is 2.36. The fraction of sp³-hybridized carbons (Fsp3) is 1.00. The van der Waals surface area contributed by atoms with Crippen molar-refractivity contribution >= 4 is 7.85 Å².